The minimum atomic E-state index is -0.458. The van der Waals surface area contributed by atoms with Crippen molar-refractivity contribution >= 4 is 12.1 Å². The van der Waals surface area contributed by atoms with Crippen molar-refractivity contribution in [2.24, 2.45) is 0 Å². The van der Waals surface area contributed by atoms with E-state index in [2.05, 4.69) is 0 Å². The van der Waals surface area contributed by atoms with Crippen LogP contribution in [0, 0.1) is 0 Å². The predicted octanol–water partition coefficient (Wildman–Crippen LogP) is -2.14. The highest BCUT2D eigenvalue weighted by Gasteiger charge is 1.93. The van der Waals surface area contributed by atoms with Gasteiger partial charge in [0.2, 0.25) is 0 Å². The summed E-state index contributed by atoms with van der Waals surface area (Å²) in [4.78, 5) is 19.2. The van der Waals surface area contributed by atoms with Crippen LogP contribution in [0.25, 0.3) is 0 Å². The van der Waals surface area contributed by atoms with Gasteiger partial charge in [0.25, 0.3) is 0 Å². The van der Waals surface area contributed by atoms with Gasteiger partial charge in [0.1, 0.15) is 12.9 Å². The van der Waals surface area contributed by atoms with Crippen molar-refractivity contribution in [3.8, 4) is 0 Å². The molecule has 104 valence electrons. The highest BCUT2D eigenvalue weighted by Crippen LogP contribution is 1.75. The van der Waals surface area contributed by atoms with Gasteiger partial charge in [-0.05, 0) is 6.42 Å². The van der Waals surface area contributed by atoms with Crippen molar-refractivity contribution in [1.82, 2.24) is 0 Å². The van der Waals surface area contributed by atoms with E-state index in [9.17, 15) is 9.59 Å². The fraction of sp³-hybridized carbons (Fsp3) is 0.800. The van der Waals surface area contributed by atoms with E-state index in [0.29, 0.717) is 12.7 Å². The molecule has 5 N–H and O–H groups in total. The first-order valence-corrected chi connectivity index (χ1v) is 5.14. The summed E-state index contributed by atoms with van der Waals surface area (Å²) in [5, 5.41) is 39.7. The first kappa shape index (κ1) is 21.4. The number of aliphatic hydroxyl groups excluding tert-OH is 5. The third kappa shape index (κ3) is 39.5. The van der Waals surface area contributed by atoms with E-state index < -0.39 is 6.61 Å². The maximum atomic E-state index is 10.0. The van der Waals surface area contributed by atoms with E-state index in [1.807, 2.05) is 0 Å². The Morgan fingerprint density at radius 2 is 1.41 bits per heavy atom. The first-order chi connectivity index (χ1) is 8.14. The van der Waals surface area contributed by atoms with Gasteiger partial charge in [-0.3, -0.25) is 4.79 Å². The quantitative estimate of drug-likeness (QED) is 0.327. The first-order valence-electron chi connectivity index (χ1n) is 5.14. The van der Waals surface area contributed by atoms with Crippen LogP contribution in [0.5, 0.6) is 0 Å². The molecule has 0 heterocycles. The fourth-order valence-electron chi connectivity index (χ4n) is 0.327. The van der Waals surface area contributed by atoms with Crippen molar-refractivity contribution in [1.29, 1.82) is 0 Å². The SMILES string of the molecule is O=C(CO)CCO.O=CCCO.OCCCO. The van der Waals surface area contributed by atoms with Crippen molar-refractivity contribution < 1.29 is 35.1 Å². The third-order valence-corrected chi connectivity index (χ3v) is 1.13. The predicted molar refractivity (Wildman–Crippen MR) is 60.4 cm³/mol. The highest BCUT2D eigenvalue weighted by atomic mass is 16.3. The summed E-state index contributed by atoms with van der Waals surface area (Å²) in [5.41, 5.74) is 0. The molecule has 7 nitrogen and oxygen atoms in total. The smallest absolute Gasteiger partial charge is 0.160 e. The van der Waals surface area contributed by atoms with Gasteiger partial charge in [-0.25, -0.2) is 0 Å². The maximum absolute atomic E-state index is 10.0. The molecule has 7 heteroatoms. The van der Waals surface area contributed by atoms with Crippen LogP contribution in [0.15, 0.2) is 0 Å². The lowest BCUT2D eigenvalue weighted by atomic mass is 10.3. The summed E-state index contributed by atoms with van der Waals surface area (Å²) in [5.74, 6) is -0.317. The van der Waals surface area contributed by atoms with E-state index in [1.165, 1.54) is 0 Å². The molecule has 0 aliphatic rings. The van der Waals surface area contributed by atoms with E-state index >= 15 is 0 Å². The van der Waals surface area contributed by atoms with Crippen molar-refractivity contribution in [3.05, 3.63) is 0 Å². The fourth-order valence-corrected chi connectivity index (χ4v) is 0.327. The van der Waals surface area contributed by atoms with E-state index in [-0.39, 0.29) is 45.1 Å². The molecule has 0 aliphatic heterocycles. The molecule has 0 aromatic carbocycles. The summed E-state index contributed by atoms with van der Waals surface area (Å²) in [6, 6.07) is 0. The van der Waals surface area contributed by atoms with Gasteiger partial charge in [0.15, 0.2) is 5.78 Å². The lowest BCUT2D eigenvalue weighted by Gasteiger charge is -1.86. The van der Waals surface area contributed by atoms with Gasteiger partial charge < -0.3 is 30.3 Å². The molecular weight excluding hydrogens is 232 g/mol. The summed E-state index contributed by atoms with van der Waals surface area (Å²) in [6.45, 7) is -0.462. The molecule has 0 aromatic rings. The molecule has 0 unspecified atom stereocenters. The second kappa shape index (κ2) is 24.4. The normalized spacial score (nSPS) is 8.29. The Bertz CT molecular complexity index is 148. The third-order valence-electron chi connectivity index (χ3n) is 1.13. The van der Waals surface area contributed by atoms with Crippen LogP contribution >= 0.6 is 0 Å². The number of rotatable bonds is 7. The van der Waals surface area contributed by atoms with E-state index in [1.54, 1.807) is 0 Å². The van der Waals surface area contributed by atoms with Crippen molar-refractivity contribution in [2.75, 3.05) is 33.0 Å². The van der Waals surface area contributed by atoms with Crippen LogP contribution in [0.4, 0.5) is 0 Å². The Hall–Kier alpha value is -0.860. The lowest BCUT2D eigenvalue weighted by molar-refractivity contribution is -0.122. The maximum Gasteiger partial charge on any atom is 0.160 e. The molecule has 0 aromatic heterocycles. The van der Waals surface area contributed by atoms with Crippen LogP contribution in [0.1, 0.15) is 19.3 Å². The summed E-state index contributed by atoms with van der Waals surface area (Å²) in [6.07, 6.45) is 1.51. The number of ketones is 1. The molecule has 0 rings (SSSR count). The van der Waals surface area contributed by atoms with Crippen LogP contribution < -0.4 is 0 Å². The topological polar surface area (TPSA) is 135 Å². The number of Topliss-reactive ketones (excluding diaryl/α,β-unsaturated/α-hetero) is 1. The summed E-state index contributed by atoms with van der Waals surface area (Å²) >= 11 is 0. The largest absolute Gasteiger partial charge is 0.396 e. The van der Waals surface area contributed by atoms with Crippen LogP contribution in [-0.2, 0) is 9.59 Å². The second-order valence-electron chi connectivity index (χ2n) is 2.65. The molecule has 0 atom stereocenters. The van der Waals surface area contributed by atoms with Crippen LogP contribution in [0.3, 0.4) is 0 Å². The van der Waals surface area contributed by atoms with E-state index in [0.717, 1.165) is 0 Å². The molecule has 0 amide bonds. The minimum Gasteiger partial charge on any atom is -0.396 e. The molecule has 0 radical (unpaired) electrons. The average molecular weight is 254 g/mol. The molecule has 0 aliphatic carbocycles. The Morgan fingerprint density at radius 3 is 1.47 bits per heavy atom. The van der Waals surface area contributed by atoms with Gasteiger partial charge in [0.05, 0.1) is 6.61 Å². The summed E-state index contributed by atoms with van der Waals surface area (Å²) in [7, 11) is 0. The van der Waals surface area contributed by atoms with E-state index in [4.69, 9.17) is 25.5 Å². The van der Waals surface area contributed by atoms with Gasteiger partial charge in [-0.1, -0.05) is 0 Å². The number of hydrogen-bond acceptors (Lipinski definition) is 7. The monoisotopic (exact) mass is 254 g/mol. The second-order valence-corrected chi connectivity index (χ2v) is 2.65. The molecular formula is C10H22O7. The number of carbonyl (C=O) groups excluding carboxylic acids is 2. The van der Waals surface area contributed by atoms with Crippen molar-refractivity contribution in [2.45, 2.75) is 19.3 Å². The average Bonchev–Trinajstić information content (AvgIpc) is 2.33. The van der Waals surface area contributed by atoms with Crippen LogP contribution in [0.2, 0.25) is 0 Å². The zero-order chi connectivity index (χ0) is 13.9. The molecule has 17 heavy (non-hydrogen) atoms. The molecule has 0 fully saturated rings. The Kier molecular flexibility index (Phi) is 30.7. The number of aldehydes is 1. The molecule has 0 saturated carbocycles. The van der Waals surface area contributed by atoms with Crippen LogP contribution in [-0.4, -0.2) is 70.6 Å². The zero-order valence-electron chi connectivity index (χ0n) is 9.79. The van der Waals surface area contributed by atoms with Crippen molar-refractivity contribution in [3.63, 3.8) is 0 Å². The Morgan fingerprint density at radius 1 is 0.882 bits per heavy atom. The molecule has 0 spiro atoms. The highest BCUT2D eigenvalue weighted by molar-refractivity contribution is 5.79. The van der Waals surface area contributed by atoms with Gasteiger partial charge in [0, 0.05) is 32.7 Å². The Labute approximate surface area is 100 Å². The lowest BCUT2D eigenvalue weighted by Crippen LogP contribution is -2.04. The number of aliphatic hydroxyl groups is 5. The standard InChI is InChI=1S/C4H8O3.C3H8O2.C3H6O2/c5-2-1-4(7)3-6;2*4-2-1-3-5/h5-6H,1-3H2;4-5H,1-3H2;2,5H,1,3H2. The Balaban J connectivity index is -0.000000177. The molecule has 0 bridgehead atoms. The minimum absolute atomic E-state index is 0.0243. The number of hydrogen-bond donors (Lipinski definition) is 5. The molecule has 0 saturated heterocycles. The van der Waals surface area contributed by atoms with Gasteiger partial charge in [-0.15, -0.1) is 0 Å². The number of carbonyl (C=O) groups is 2. The van der Waals surface area contributed by atoms with Gasteiger partial charge >= 0.3 is 0 Å². The van der Waals surface area contributed by atoms with Gasteiger partial charge in [-0.2, -0.15) is 0 Å². The zero-order valence-corrected chi connectivity index (χ0v) is 9.79. The summed E-state index contributed by atoms with van der Waals surface area (Å²) < 4.78 is 0.